The highest BCUT2D eigenvalue weighted by molar-refractivity contribution is 5.97. The van der Waals surface area contributed by atoms with Crippen molar-refractivity contribution in [3.8, 4) is 44.9 Å². The maximum atomic E-state index is 16.0. The second-order valence-electron chi connectivity index (χ2n) is 15.5. The van der Waals surface area contributed by atoms with Gasteiger partial charge in [-0.3, -0.25) is 0 Å². The molecule has 0 saturated carbocycles. The van der Waals surface area contributed by atoms with Crippen molar-refractivity contribution in [3.63, 3.8) is 0 Å². The van der Waals surface area contributed by atoms with Gasteiger partial charge in [-0.05, 0) is 113 Å². The number of carbonyl (C=O) groups is 1. The molecule has 0 bridgehead atoms. The van der Waals surface area contributed by atoms with Gasteiger partial charge in [0.15, 0.2) is 0 Å². The Morgan fingerprint density at radius 2 is 1.37 bits per heavy atom. The normalized spacial score (nSPS) is 13.2. The van der Waals surface area contributed by atoms with Crippen molar-refractivity contribution < 1.29 is 32.5 Å². The van der Waals surface area contributed by atoms with Crippen molar-refractivity contribution >= 4 is 23.0 Å². The quantitative estimate of drug-likeness (QED) is 0.0382. The van der Waals surface area contributed by atoms with Crippen LogP contribution < -0.4 is 9.47 Å². The summed E-state index contributed by atoms with van der Waals surface area (Å²) in [5.74, 6) is -0.570. The number of carbonyl (C=O) groups excluding carboxylic acids is 1. The van der Waals surface area contributed by atoms with Crippen LogP contribution in [-0.2, 0) is 15.9 Å². The summed E-state index contributed by atoms with van der Waals surface area (Å²) in [7, 11) is 0. The molecule has 0 unspecified atom stereocenters. The molecular formula is C51H51F2NO5. The molecule has 1 fully saturated rings. The molecule has 1 N–H and O–H groups in total. The van der Waals surface area contributed by atoms with Crippen molar-refractivity contribution in [2.24, 2.45) is 5.41 Å². The first-order valence-electron chi connectivity index (χ1n) is 20.7. The highest BCUT2D eigenvalue weighted by Crippen LogP contribution is 2.36. The fourth-order valence-electron chi connectivity index (χ4n) is 7.49. The Balaban J connectivity index is 0.918. The van der Waals surface area contributed by atoms with Crippen LogP contribution in [0.5, 0.6) is 11.5 Å². The third-order valence-corrected chi connectivity index (χ3v) is 11.3. The number of unbranched alkanes of at least 4 members (excludes halogenated alkanes) is 3. The molecule has 6 aromatic carbocycles. The van der Waals surface area contributed by atoms with Crippen molar-refractivity contribution in [1.82, 2.24) is 0 Å². The molecule has 0 radical (unpaired) electrons. The number of nitrogens with one attached hydrogen (secondary N) is 1. The average Bonchev–Trinajstić information content (AvgIpc) is 3.24. The van der Waals surface area contributed by atoms with Gasteiger partial charge in [0, 0.05) is 34.9 Å². The zero-order chi connectivity index (χ0) is 41.2. The van der Waals surface area contributed by atoms with Crippen molar-refractivity contribution in [2.45, 2.75) is 58.8 Å². The number of halogens is 2. The molecule has 8 heteroatoms. The lowest BCUT2D eigenvalue weighted by Crippen LogP contribution is -2.45. The number of esters is 1. The fraction of sp³-hybridized carbons (Fsp3) is 0.294. The van der Waals surface area contributed by atoms with E-state index < -0.39 is 17.6 Å². The highest BCUT2D eigenvalue weighted by Gasteiger charge is 2.36. The van der Waals surface area contributed by atoms with E-state index in [1.54, 1.807) is 54.6 Å². The largest absolute Gasteiger partial charge is 0.494 e. The number of hydrogen-bond acceptors (Lipinski definition) is 6. The third kappa shape index (κ3) is 9.95. The lowest BCUT2D eigenvalue weighted by Gasteiger charge is -2.40. The molecule has 1 saturated heterocycles. The molecule has 0 aromatic heterocycles. The first kappa shape index (κ1) is 41.5. The fourth-order valence-corrected chi connectivity index (χ4v) is 7.49. The van der Waals surface area contributed by atoms with Gasteiger partial charge in [-0.25, -0.2) is 13.6 Å². The van der Waals surface area contributed by atoms with Gasteiger partial charge in [0.25, 0.3) is 0 Å². The number of benzene rings is 6. The minimum Gasteiger partial charge on any atom is -0.494 e. The van der Waals surface area contributed by atoms with Crippen LogP contribution in [0.3, 0.4) is 0 Å². The van der Waals surface area contributed by atoms with E-state index in [0.29, 0.717) is 23.5 Å². The summed E-state index contributed by atoms with van der Waals surface area (Å²) in [4.78, 5) is 13.1. The molecule has 1 aliphatic rings. The summed E-state index contributed by atoms with van der Waals surface area (Å²) < 4.78 is 54.5. The standard InChI is InChI=1S/C51H51F2NO5/c1-3-9-35-10-12-36(13-11-35)40-19-23-46(48(52)30-40)45-25-24-44(49(53)47(45)31-54)37-16-20-42(21-17-37)59-50(55)41-15-14-39-29-43(22-18-38(39)28-41)58-27-8-6-5-7-26-56-32-51(4-2)33-57-34-51/h10-25,28-31,54H,3-9,26-27,32-34H2,1-2H3. The summed E-state index contributed by atoms with van der Waals surface area (Å²) in [5, 5.41) is 9.85. The molecule has 1 heterocycles. The van der Waals surface area contributed by atoms with Gasteiger partial charge in [0.1, 0.15) is 23.1 Å². The summed E-state index contributed by atoms with van der Waals surface area (Å²) in [6, 6.07) is 33.9. The maximum Gasteiger partial charge on any atom is 0.343 e. The van der Waals surface area contributed by atoms with Crippen molar-refractivity contribution in [2.75, 3.05) is 33.0 Å². The van der Waals surface area contributed by atoms with Gasteiger partial charge >= 0.3 is 5.97 Å². The predicted octanol–water partition coefficient (Wildman–Crippen LogP) is 12.7. The molecular weight excluding hydrogens is 745 g/mol. The van der Waals surface area contributed by atoms with E-state index in [1.807, 2.05) is 42.5 Å². The average molecular weight is 796 g/mol. The molecule has 304 valence electrons. The van der Waals surface area contributed by atoms with Gasteiger partial charge in [0.05, 0.1) is 32.0 Å². The molecule has 59 heavy (non-hydrogen) atoms. The van der Waals surface area contributed by atoms with Crippen LogP contribution in [0, 0.1) is 22.5 Å². The lowest BCUT2D eigenvalue weighted by molar-refractivity contribution is -0.150. The molecule has 0 atom stereocenters. The Labute approximate surface area is 345 Å². The second-order valence-corrected chi connectivity index (χ2v) is 15.5. The SMILES string of the molecule is CCCc1ccc(-c2ccc(-c3ccc(-c4ccc(OC(=O)c5ccc6cc(OCCCCCCOCC7(CC)COC7)ccc6c5)cc4)c(F)c3C=N)c(F)c2)cc1. The number of aryl methyl sites for hydroxylation is 1. The number of fused-ring (bicyclic) bond motifs is 1. The first-order valence-corrected chi connectivity index (χ1v) is 20.7. The summed E-state index contributed by atoms with van der Waals surface area (Å²) in [5.41, 5.74) is 4.73. The predicted molar refractivity (Wildman–Crippen MR) is 232 cm³/mol. The zero-order valence-corrected chi connectivity index (χ0v) is 33.8. The monoisotopic (exact) mass is 795 g/mol. The van der Waals surface area contributed by atoms with E-state index in [-0.39, 0.29) is 27.7 Å². The van der Waals surface area contributed by atoms with Crippen molar-refractivity contribution in [1.29, 1.82) is 5.41 Å². The van der Waals surface area contributed by atoms with Crippen molar-refractivity contribution in [3.05, 3.63) is 144 Å². The molecule has 6 aromatic rings. The molecule has 0 amide bonds. The molecule has 0 spiro atoms. The van der Waals surface area contributed by atoms with Gasteiger partial charge in [-0.1, -0.05) is 99.5 Å². The summed E-state index contributed by atoms with van der Waals surface area (Å²) >= 11 is 0. The topological polar surface area (TPSA) is 77.8 Å². The molecule has 6 nitrogen and oxygen atoms in total. The van der Waals surface area contributed by atoms with Crippen LogP contribution in [-0.4, -0.2) is 45.2 Å². The van der Waals surface area contributed by atoms with E-state index in [4.69, 9.17) is 24.4 Å². The van der Waals surface area contributed by atoms with Crippen LogP contribution in [0.4, 0.5) is 8.78 Å². The second kappa shape index (κ2) is 19.4. The van der Waals surface area contributed by atoms with Gasteiger partial charge in [-0.15, -0.1) is 0 Å². The summed E-state index contributed by atoms with van der Waals surface area (Å²) in [6.45, 7) is 8.17. The number of hydrogen-bond donors (Lipinski definition) is 1. The van der Waals surface area contributed by atoms with E-state index >= 15 is 8.78 Å². The van der Waals surface area contributed by atoms with Crippen LogP contribution in [0.15, 0.2) is 115 Å². The minimum absolute atomic E-state index is 0.0171. The van der Waals surface area contributed by atoms with Crippen LogP contribution in [0.25, 0.3) is 44.2 Å². The Morgan fingerprint density at radius 3 is 2.07 bits per heavy atom. The van der Waals surface area contributed by atoms with E-state index in [9.17, 15) is 4.79 Å². The zero-order valence-electron chi connectivity index (χ0n) is 33.8. The summed E-state index contributed by atoms with van der Waals surface area (Å²) in [6.07, 6.45) is 8.25. The van der Waals surface area contributed by atoms with E-state index in [1.165, 1.54) is 11.6 Å². The van der Waals surface area contributed by atoms with Gasteiger partial charge < -0.3 is 24.4 Å². The van der Waals surface area contributed by atoms with E-state index in [0.717, 1.165) is 105 Å². The number of ether oxygens (including phenoxy) is 4. The Morgan fingerprint density at radius 1 is 0.712 bits per heavy atom. The first-order chi connectivity index (χ1) is 28.8. The molecule has 1 aliphatic heterocycles. The van der Waals surface area contributed by atoms with Crippen LogP contribution in [0.1, 0.15) is 73.9 Å². The smallest absolute Gasteiger partial charge is 0.343 e. The Hall–Kier alpha value is -5.70. The Bertz CT molecular complexity index is 2380. The molecule has 7 rings (SSSR count). The van der Waals surface area contributed by atoms with E-state index in [2.05, 4.69) is 26.0 Å². The van der Waals surface area contributed by atoms with Gasteiger partial charge in [-0.2, -0.15) is 0 Å². The van der Waals surface area contributed by atoms with Gasteiger partial charge in [0.2, 0.25) is 0 Å². The Kier molecular flexibility index (Phi) is 13.6. The molecule has 0 aliphatic carbocycles. The van der Waals surface area contributed by atoms with Crippen LogP contribution in [0.2, 0.25) is 0 Å². The third-order valence-electron chi connectivity index (χ3n) is 11.3. The highest BCUT2D eigenvalue weighted by atomic mass is 19.1. The maximum absolute atomic E-state index is 16.0. The number of rotatable bonds is 19. The van der Waals surface area contributed by atoms with Crippen LogP contribution >= 0.6 is 0 Å². The minimum atomic E-state index is -0.640. The lowest BCUT2D eigenvalue weighted by atomic mass is 9.84.